The molecule has 1 heterocycles. The Labute approximate surface area is 165 Å². The van der Waals surface area contributed by atoms with E-state index in [0.717, 1.165) is 16.9 Å². The molecule has 0 bridgehead atoms. The Morgan fingerprint density at radius 3 is 2.36 bits per heavy atom. The lowest BCUT2D eigenvalue weighted by atomic mass is 10.1. The Kier molecular flexibility index (Phi) is 7.61. The predicted octanol–water partition coefficient (Wildman–Crippen LogP) is 4.63. The third kappa shape index (κ3) is 4.90. The summed E-state index contributed by atoms with van der Waals surface area (Å²) >= 11 is 0. The van der Waals surface area contributed by atoms with Gasteiger partial charge < -0.3 is 19.0 Å². The molecule has 0 unspecified atom stereocenters. The smallest absolute Gasteiger partial charge is 0.226 e. The van der Waals surface area contributed by atoms with Gasteiger partial charge in [-0.1, -0.05) is 13.8 Å². The van der Waals surface area contributed by atoms with Gasteiger partial charge in [-0.25, -0.2) is 4.98 Å². The first-order valence-corrected chi connectivity index (χ1v) is 9.02. The van der Waals surface area contributed by atoms with E-state index < -0.39 is 0 Å². The van der Waals surface area contributed by atoms with Crippen molar-refractivity contribution in [1.82, 2.24) is 4.98 Å². The molecular weight excluding hydrogens is 356 g/mol. The highest BCUT2D eigenvalue weighted by atomic mass is 16.5. The lowest BCUT2D eigenvalue weighted by molar-refractivity contribution is 0.248. The van der Waals surface area contributed by atoms with Crippen molar-refractivity contribution in [3.63, 3.8) is 0 Å². The number of oxazole rings is 1. The lowest BCUT2D eigenvalue weighted by Crippen LogP contribution is -1.99. The number of nitrogens with zero attached hydrogens (tertiary/aromatic N) is 2. The summed E-state index contributed by atoms with van der Waals surface area (Å²) < 4.78 is 16.6. The third-order valence-electron chi connectivity index (χ3n) is 3.95. The van der Waals surface area contributed by atoms with Gasteiger partial charge in [0.05, 0.1) is 25.3 Å². The molecule has 2 aromatic carbocycles. The molecule has 1 N–H and O–H groups in total. The average Bonchev–Trinajstić information content (AvgIpc) is 3.17. The van der Waals surface area contributed by atoms with Gasteiger partial charge in [0.15, 0.2) is 5.76 Å². The fourth-order valence-corrected chi connectivity index (χ4v) is 2.48. The van der Waals surface area contributed by atoms with Crippen LogP contribution in [-0.4, -0.2) is 17.2 Å². The second kappa shape index (κ2) is 10.1. The zero-order valence-electron chi connectivity index (χ0n) is 16.5. The van der Waals surface area contributed by atoms with Crippen LogP contribution < -0.4 is 9.47 Å². The van der Waals surface area contributed by atoms with Crippen molar-refractivity contribution in [2.24, 2.45) is 0 Å². The molecule has 3 rings (SSSR count). The maximum absolute atomic E-state index is 9.54. The zero-order valence-corrected chi connectivity index (χ0v) is 16.5. The second-order valence-corrected chi connectivity index (χ2v) is 5.65. The van der Waals surface area contributed by atoms with Crippen molar-refractivity contribution < 1.29 is 19.0 Å². The van der Waals surface area contributed by atoms with Crippen LogP contribution in [-0.2, 0) is 13.2 Å². The van der Waals surface area contributed by atoms with Gasteiger partial charge in [0.2, 0.25) is 5.89 Å². The van der Waals surface area contributed by atoms with E-state index in [0.29, 0.717) is 28.7 Å². The van der Waals surface area contributed by atoms with Crippen LogP contribution in [0.5, 0.6) is 11.5 Å². The fourth-order valence-electron chi connectivity index (χ4n) is 2.48. The van der Waals surface area contributed by atoms with Crippen LogP contribution in [0.2, 0.25) is 0 Å². The summed E-state index contributed by atoms with van der Waals surface area (Å²) in [5.41, 5.74) is 2.65. The van der Waals surface area contributed by atoms with Crippen LogP contribution in [0.25, 0.3) is 11.5 Å². The van der Waals surface area contributed by atoms with Crippen LogP contribution in [0.1, 0.15) is 36.4 Å². The van der Waals surface area contributed by atoms with E-state index in [4.69, 9.17) is 19.2 Å². The monoisotopic (exact) mass is 380 g/mol. The quantitative estimate of drug-likeness (QED) is 0.671. The zero-order chi connectivity index (χ0) is 20.5. The highest BCUT2D eigenvalue weighted by Gasteiger charge is 2.15. The van der Waals surface area contributed by atoms with Crippen LogP contribution in [0.3, 0.4) is 0 Å². The Balaban J connectivity index is 0.00000136. The number of hydrogen-bond donors (Lipinski definition) is 1. The molecule has 0 radical (unpaired) electrons. The molecule has 28 heavy (non-hydrogen) atoms. The number of nitriles is 1. The average molecular weight is 380 g/mol. The molecule has 0 fully saturated rings. The molecule has 0 spiro atoms. The van der Waals surface area contributed by atoms with Crippen molar-refractivity contribution in [3.05, 3.63) is 65.0 Å². The summed E-state index contributed by atoms with van der Waals surface area (Å²) in [7, 11) is 1.60. The summed E-state index contributed by atoms with van der Waals surface area (Å²) in [5.74, 6) is 2.22. The predicted molar refractivity (Wildman–Crippen MR) is 106 cm³/mol. The summed E-state index contributed by atoms with van der Waals surface area (Å²) in [6.45, 7) is 5.73. The minimum atomic E-state index is -0.245. The van der Waals surface area contributed by atoms with Crippen LogP contribution in [0.4, 0.5) is 0 Å². The third-order valence-corrected chi connectivity index (χ3v) is 3.95. The summed E-state index contributed by atoms with van der Waals surface area (Å²) in [6, 6.07) is 14.6. The van der Waals surface area contributed by atoms with E-state index in [1.807, 2.05) is 45.0 Å². The van der Waals surface area contributed by atoms with Crippen LogP contribution >= 0.6 is 0 Å². The van der Waals surface area contributed by atoms with E-state index in [1.165, 1.54) is 0 Å². The van der Waals surface area contributed by atoms with Crippen LogP contribution in [0.15, 0.2) is 46.9 Å². The molecule has 3 aromatic rings. The molecule has 0 atom stereocenters. The number of rotatable bonds is 6. The minimum Gasteiger partial charge on any atom is -0.497 e. The molecule has 0 saturated carbocycles. The van der Waals surface area contributed by atoms with Gasteiger partial charge in [0.25, 0.3) is 0 Å². The van der Waals surface area contributed by atoms with E-state index >= 15 is 0 Å². The number of aromatic nitrogens is 1. The molecule has 0 aliphatic heterocycles. The number of aryl methyl sites for hydroxylation is 1. The first-order chi connectivity index (χ1) is 13.6. The number of hydrogen-bond acceptors (Lipinski definition) is 6. The van der Waals surface area contributed by atoms with Gasteiger partial charge in [-0.2, -0.15) is 5.26 Å². The standard InChI is InChI=1S/C20H18N2O4.C2H6/c1-13-9-17(8-5-15(13)10-21)25-12-19-18(11-23)22-20(26-19)14-3-6-16(24-2)7-4-14;1-2/h3-9,23H,11-12H2,1-2H3;1-2H3. The van der Waals surface area contributed by atoms with Crippen molar-refractivity contribution in [2.75, 3.05) is 7.11 Å². The SMILES string of the molecule is CC.COc1ccc(-c2nc(CO)c(COc3ccc(C#N)c(C)c3)o2)cc1. The van der Waals surface area contributed by atoms with Crippen molar-refractivity contribution in [1.29, 1.82) is 5.26 Å². The normalized spacial score (nSPS) is 9.86. The molecule has 0 saturated heterocycles. The van der Waals surface area contributed by atoms with Crippen molar-refractivity contribution in [3.8, 4) is 29.0 Å². The Bertz CT molecular complexity index is 940. The Morgan fingerprint density at radius 1 is 1.11 bits per heavy atom. The number of aliphatic hydroxyl groups is 1. The highest BCUT2D eigenvalue weighted by molar-refractivity contribution is 5.55. The highest BCUT2D eigenvalue weighted by Crippen LogP contribution is 2.26. The molecule has 0 aliphatic carbocycles. The van der Waals surface area contributed by atoms with Gasteiger partial charge in [0.1, 0.15) is 23.8 Å². The molecule has 0 aliphatic rings. The Hall–Kier alpha value is -3.30. The summed E-state index contributed by atoms with van der Waals surface area (Å²) in [5, 5.41) is 18.5. The second-order valence-electron chi connectivity index (χ2n) is 5.65. The fraction of sp³-hybridized carbons (Fsp3) is 0.273. The number of aliphatic hydroxyl groups excluding tert-OH is 1. The van der Waals surface area contributed by atoms with Gasteiger partial charge >= 0.3 is 0 Å². The first-order valence-electron chi connectivity index (χ1n) is 9.02. The maximum atomic E-state index is 9.54. The maximum Gasteiger partial charge on any atom is 0.226 e. The Morgan fingerprint density at radius 2 is 1.79 bits per heavy atom. The van der Waals surface area contributed by atoms with E-state index in [1.54, 1.807) is 25.3 Å². The molecule has 0 amide bonds. The van der Waals surface area contributed by atoms with Gasteiger partial charge in [0, 0.05) is 5.56 Å². The molecule has 6 heteroatoms. The van der Waals surface area contributed by atoms with E-state index in [9.17, 15) is 5.11 Å². The number of methoxy groups -OCH3 is 1. The summed E-state index contributed by atoms with van der Waals surface area (Å²) in [4.78, 5) is 4.33. The summed E-state index contributed by atoms with van der Waals surface area (Å²) in [6.07, 6.45) is 0. The number of ether oxygens (including phenoxy) is 2. The topological polar surface area (TPSA) is 88.5 Å². The lowest BCUT2D eigenvalue weighted by Gasteiger charge is -2.06. The number of benzene rings is 2. The van der Waals surface area contributed by atoms with E-state index in [-0.39, 0.29) is 13.2 Å². The van der Waals surface area contributed by atoms with Gasteiger partial charge in [-0.15, -0.1) is 0 Å². The van der Waals surface area contributed by atoms with Crippen LogP contribution in [0, 0.1) is 18.3 Å². The molecule has 146 valence electrons. The molecule has 1 aromatic heterocycles. The van der Waals surface area contributed by atoms with E-state index in [2.05, 4.69) is 11.1 Å². The minimum absolute atomic E-state index is 0.129. The van der Waals surface area contributed by atoms with Crippen molar-refractivity contribution in [2.45, 2.75) is 34.0 Å². The first kappa shape index (κ1) is 21.0. The molecule has 6 nitrogen and oxygen atoms in total. The van der Waals surface area contributed by atoms with Crippen molar-refractivity contribution >= 4 is 0 Å². The van der Waals surface area contributed by atoms with Gasteiger partial charge in [-0.3, -0.25) is 0 Å². The molecular formula is C22H24N2O4. The van der Waals surface area contributed by atoms with Gasteiger partial charge in [-0.05, 0) is 55.0 Å². The largest absolute Gasteiger partial charge is 0.497 e.